The van der Waals surface area contributed by atoms with E-state index in [9.17, 15) is 9.59 Å². The lowest BCUT2D eigenvalue weighted by molar-refractivity contribution is -0.137. The van der Waals surface area contributed by atoms with Crippen molar-refractivity contribution in [2.75, 3.05) is 13.1 Å². The first-order valence-electron chi connectivity index (χ1n) is 9.09. The lowest BCUT2D eigenvalue weighted by Gasteiger charge is -2.35. The number of carbonyl (C=O) groups is 2. The highest BCUT2D eigenvalue weighted by Gasteiger charge is 2.39. The Hall–Kier alpha value is -1.68. The number of piperidine rings is 2. The Bertz CT molecular complexity index is 615. The van der Waals surface area contributed by atoms with E-state index < -0.39 is 5.41 Å². The average molecular weight is 328 g/mol. The third kappa shape index (κ3) is 3.25. The van der Waals surface area contributed by atoms with Gasteiger partial charge in [-0.15, -0.1) is 0 Å². The molecule has 2 aliphatic rings. The van der Waals surface area contributed by atoms with Gasteiger partial charge in [0.05, 0.1) is 5.41 Å². The maximum absolute atomic E-state index is 12.3. The Morgan fingerprint density at radius 2 is 1.75 bits per heavy atom. The van der Waals surface area contributed by atoms with Gasteiger partial charge >= 0.3 is 0 Å². The van der Waals surface area contributed by atoms with E-state index in [1.807, 2.05) is 6.92 Å². The monoisotopic (exact) mass is 328 g/mol. The van der Waals surface area contributed by atoms with Crippen LogP contribution >= 0.6 is 0 Å². The Labute approximate surface area is 144 Å². The lowest BCUT2D eigenvalue weighted by Crippen LogP contribution is -2.49. The Morgan fingerprint density at radius 3 is 2.29 bits per heavy atom. The number of nitrogens with zero attached hydrogens (tertiary/aromatic N) is 1. The van der Waals surface area contributed by atoms with Crippen molar-refractivity contribution in [2.45, 2.75) is 63.8 Å². The van der Waals surface area contributed by atoms with E-state index >= 15 is 0 Å². The summed E-state index contributed by atoms with van der Waals surface area (Å²) in [7, 11) is 0. The molecule has 2 fully saturated rings. The van der Waals surface area contributed by atoms with Gasteiger partial charge in [-0.05, 0) is 70.2 Å². The van der Waals surface area contributed by atoms with Gasteiger partial charge in [0.15, 0.2) is 0 Å². The van der Waals surface area contributed by atoms with Gasteiger partial charge in [-0.25, -0.2) is 0 Å². The number of imide groups is 1. The normalized spacial score (nSPS) is 26.7. The summed E-state index contributed by atoms with van der Waals surface area (Å²) < 4.78 is 0. The standard InChI is InChI=1S/C20H28N2O2/c1-14(2)22-12-9-16(10-13-22)15-4-6-17(7-5-15)20(3)11-8-18(23)21-19(20)24/h4-7,14,16H,8-13H2,1-3H3,(H,21,23,24). The SMILES string of the molecule is CC(C)N1CCC(c2ccc(C3(C)CCC(=O)NC3=O)cc2)CC1. The van der Waals surface area contributed by atoms with Crippen LogP contribution in [-0.4, -0.2) is 35.8 Å². The summed E-state index contributed by atoms with van der Waals surface area (Å²) in [5.41, 5.74) is 1.79. The molecule has 0 aromatic heterocycles. The first kappa shape index (κ1) is 17.2. The molecule has 0 radical (unpaired) electrons. The van der Waals surface area contributed by atoms with E-state index in [4.69, 9.17) is 0 Å². The van der Waals surface area contributed by atoms with Gasteiger partial charge in [-0.2, -0.15) is 0 Å². The second-order valence-corrected chi connectivity index (χ2v) is 7.74. The van der Waals surface area contributed by atoms with Crippen LogP contribution in [-0.2, 0) is 15.0 Å². The number of nitrogens with one attached hydrogen (secondary N) is 1. The molecule has 1 aromatic rings. The zero-order valence-electron chi connectivity index (χ0n) is 15.0. The Kier molecular flexibility index (Phi) is 4.77. The summed E-state index contributed by atoms with van der Waals surface area (Å²) in [5, 5.41) is 2.48. The Morgan fingerprint density at radius 1 is 1.12 bits per heavy atom. The minimum Gasteiger partial charge on any atom is -0.301 e. The molecular formula is C20H28N2O2. The molecule has 1 N–H and O–H groups in total. The van der Waals surface area contributed by atoms with Crippen LogP contribution in [0.4, 0.5) is 0 Å². The third-order valence-corrected chi connectivity index (χ3v) is 5.89. The summed E-state index contributed by atoms with van der Waals surface area (Å²) in [4.78, 5) is 26.2. The third-order valence-electron chi connectivity index (χ3n) is 5.89. The molecule has 24 heavy (non-hydrogen) atoms. The predicted molar refractivity (Wildman–Crippen MR) is 94.9 cm³/mol. The zero-order valence-corrected chi connectivity index (χ0v) is 15.0. The van der Waals surface area contributed by atoms with E-state index in [2.05, 4.69) is 48.3 Å². The van der Waals surface area contributed by atoms with Gasteiger partial charge in [0.25, 0.3) is 0 Å². The fraction of sp³-hybridized carbons (Fsp3) is 0.600. The second kappa shape index (κ2) is 6.67. The highest BCUT2D eigenvalue weighted by atomic mass is 16.2. The Balaban J connectivity index is 1.70. The molecule has 130 valence electrons. The molecule has 3 rings (SSSR count). The van der Waals surface area contributed by atoms with Crippen LogP contribution < -0.4 is 5.32 Å². The van der Waals surface area contributed by atoms with Gasteiger partial charge in [0, 0.05) is 12.5 Å². The molecule has 1 atom stereocenters. The maximum Gasteiger partial charge on any atom is 0.236 e. The van der Waals surface area contributed by atoms with Crippen LogP contribution in [0.15, 0.2) is 24.3 Å². The summed E-state index contributed by atoms with van der Waals surface area (Å²) in [6.45, 7) is 8.77. The van der Waals surface area contributed by atoms with Crippen molar-refractivity contribution < 1.29 is 9.59 Å². The summed E-state index contributed by atoms with van der Waals surface area (Å²) in [6, 6.07) is 9.15. The number of hydrogen-bond donors (Lipinski definition) is 1. The summed E-state index contributed by atoms with van der Waals surface area (Å²) in [6.07, 6.45) is 3.40. The number of likely N-dealkylation sites (tertiary alicyclic amines) is 1. The number of rotatable bonds is 3. The first-order chi connectivity index (χ1) is 11.4. The minimum absolute atomic E-state index is 0.161. The van der Waals surface area contributed by atoms with Crippen molar-refractivity contribution >= 4 is 11.8 Å². The van der Waals surface area contributed by atoms with Gasteiger partial charge in [-0.3, -0.25) is 14.9 Å². The molecule has 0 aliphatic carbocycles. The smallest absolute Gasteiger partial charge is 0.236 e. The second-order valence-electron chi connectivity index (χ2n) is 7.74. The van der Waals surface area contributed by atoms with Crippen molar-refractivity contribution in [1.29, 1.82) is 0 Å². The fourth-order valence-electron chi connectivity index (χ4n) is 3.95. The molecule has 0 spiro atoms. The molecule has 2 amide bonds. The van der Waals surface area contributed by atoms with Crippen LogP contribution in [0, 0.1) is 0 Å². The zero-order chi connectivity index (χ0) is 17.3. The highest BCUT2D eigenvalue weighted by Crippen LogP contribution is 2.34. The first-order valence-corrected chi connectivity index (χ1v) is 9.09. The molecule has 4 nitrogen and oxygen atoms in total. The molecule has 2 saturated heterocycles. The van der Waals surface area contributed by atoms with Crippen LogP contribution in [0.25, 0.3) is 0 Å². The molecule has 1 aromatic carbocycles. The highest BCUT2D eigenvalue weighted by molar-refractivity contribution is 6.03. The van der Waals surface area contributed by atoms with Gasteiger partial charge < -0.3 is 4.90 Å². The van der Waals surface area contributed by atoms with Crippen LogP contribution in [0.1, 0.15) is 63.5 Å². The van der Waals surface area contributed by atoms with E-state index in [0.29, 0.717) is 24.8 Å². The number of carbonyl (C=O) groups excluding carboxylic acids is 2. The van der Waals surface area contributed by atoms with Crippen LogP contribution in [0.3, 0.4) is 0 Å². The number of benzene rings is 1. The van der Waals surface area contributed by atoms with Crippen molar-refractivity contribution in [3.8, 4) is 0 Å². The summed E-state index contributed by atoms with van der Waals surface area (Å²) >= 11 is 0. The van der Waals surface area contributed by atoms with Gasteiger partial charge in [-0.1, -0.05) is 24.3 Å². The van der Waals surface area contributed by atoms with E-state index in [0.717, 1.165) is 18.7 Å². The fourth-order valence-corrected chi connectivity index (χ4v) is 3.95. The van der Waals surface area contributed by atoms with Crippen LogP contribution in [0.2, 0.25) is 0 Å². The number of amides is 2. The molecule has 2 heterocycles. The summed E-state index contributed by atoms with van der Waals surface area (Å²) in [5.74, 6) is 0.284. The van der Waals surface area contributed by atoms with Crippen molar-refractivity contribution in [2.24, 2.45) is 0 Å². The molecule has 0 bridgehead atoms. The van der Waals surface area contributed by atoms with Crippen molar-refractivity contribution in [3.05, 3.63) is 35.4 Å². The molecule has 0 saturated carbocycles. The molecule has 4 heteroatoms. The minimum atomic E-state index is -0.590. The maximum atomic E-state index is 12.3. The largest absolute Gasteiger partial charge is 0.301 e. The molecule has 1 unspecified atom stereocenters. The predicted octanol–water partition coefficient (Wildman–Crippen LogP) is 2.97. The van der Waals surface area contributed by atoms with Gasteiger partial charge in [0.2, 0.25) is 11.8 Å². The van der Waals surface area contributed by atoms with Crippen molar-refractivity contribution in [3.63, 3.8) is 0 Å². The van der Waals surface area contributed by atoms with Crippen LogP contribution in [0.5, 0.6) is 0 Å². The van der Waals surface area contributed by atoms with Crippen molar-refractivity contribution in [1.82, 2.24) is 10.2 Å². The van der Waals surface area contributed by atoms with Gasteiger partial charge in [0.1, 0.15) is 0 Å². The topological polar surface area (TPSA) is 49.4 Å². The quantitative estimate of drug-likeness (QED) is 0.868. The molecule has 2 aliphatic heterocycles. The number of hydrogen-bond acceptors (Lipinski definition) is 3. The average Bonchev–Trinajstić information content (AvgIpc) is 2.59. The molecular weight excluding hydrogens is 300 g/mol. The van der Waals surface area contributed by atoms with E-state index in [1.165, 1.54) is 18.4 Å². The lowest BCUT2D eigenvalue weighted by atomic mass is 9.75. The van der Waals surface area contributed by atoms with E-state index in [-0.39, 0.29) is 11.8 Å². The van der Waals surface area contributed by atoms with E-state index in [1.54, 1.807) is 0 Å².